The summed E-state index contributed by atoms with van der Waals surface area (Å²) in [6.45, 7) is 1.83. The quantitative estimate of drug-likeness (QED) is 0.833. The summed E-state index contributed by atoms with van der Waals surface area (Å²) >= 11 is 0. The van der Waals surface area contributed by atoms with Gasteiger partial charge in [0.25, 0.3) is 0 Å². The second-order valence-corrected chi connectivity index (χ2v) is 5.36. The molecule has 1 aliphatic carbocycles. The van der Waals surface area contributed by atoms with Crippen molar-refractivity contribution < 1.29 is 13.6 Å². The molecule has 2 nitrogen and oxygen atoms in total. The Balaban J connectivity index is 2.35. The maximum absolute atomic E-state index is 13.7. The van der Waals surface area contributed by atoms with Crippen molar-refractivity contribution in [2.75, 3.05) is 0 Å². The third-order valence-corrected chi connectivity index (χ3v) is 3.97. The molecule has 1 aromatic carbocycles. The van der Waals surface area contributed by atoms with Crippen LogP contribution in [0.2, 0.25) is 0 Å². The van der Waals surface area contributed by atoms with Crippen LogP contribution in [0.3, 0.4) is 0 Å². The van der Waals surface area contributed by atoms with Crippen molar-refractivity contribution >= 4 is 5.78 Å². The van der Waals surface area contributed by atoms with Crippen LogP contribution in [0.4, 0.5) is 8.78 Å². The van der Waals surface area contributed by atoms with Gasteiger partial charge in [0, 0.05) is 17.0 Å². The van der Waals surface area contributed by atoms with Crippen molar-refractivity contribution in [2.24, 2.45) is 5.41 Å². The fourth-order valence-corrected chi connectivity index (χ4v) is 2.76. The van der Waals surface area contributed by atoms with Crippen molar-refractivity contribution in [1.29, 1.82) is 5.26 Å². The Kier molecular flexibility index (Phi) is 3.66. The van der Waals surface area contributed by atoms with Gasteiger partial charge in [-0.15, -0.1) is 0 Å². The molecule has 0 heterocycles. The molecule has 1 atom stereocenters. The van der Waals surface area contributed by atoms with Gasteiger partial charge in [-0.05, 0) is 18.9 Å². The number of rotatable bonds is 3. The topological polar surface area (TPSA) is 40.9 Å². The first-order valence-electron chi connectivity index (χ1n) is 6.37. The molecule has 4 heteroatoms. The number of ketones is 1. The predicted octanol–water partition coefficient (Wildman–Crippen LogP) is 3.72. The molecule has 19 heavy (non-hydrogen) atoms. The Morgan fingerprint density at radius 2 is 2.00 bits per heavy atom. The van der Waals surface area contributed by atoms with Gasteiger partial charge in [0.05, 0.1) is 6.07 Å². The van der Waals surface area contributed by atoms with Gasteiger partial charge in [-0.2, -0.15) is 5.26 Å². The molecule has 100 valence electrons. The number of halogens is 2. The summed E-state index contributed by atoms with van der Waals surface area (Å²) in [5, 5.41) is 9.19. The predicted molar refractivity (Wildman–Crippen MR) is 66.3 cm³/mol. The summed E-state index contributed by atoms with van der Waals surface area (Å²) in [5.74, 6) is -2.94. The van der Waals surface area contributed by atoms with E-state index >= 15 is 0 Å². The Morgan fingerprint density at radius 1 is 1.37 bits per heavy atom. The highest BCUT2D eigenvalue weighted by Gasteiger charge is 2.41. The molecule has 1 saturated carbocycles. The zero-order valence-electron chi connectivity index (χ0n) is 10.7. The highest BCUT2D eigenvalue weighted by atomic mass is 19.1. The van der Waals surface area contributed by atoms with E-state index in [1.807, 2.05) is 13.0 Å². The number of nitriles is 1. The number of hydrogen-bond donors (Lipinski definition) is 0. The largest absolute Gasteiger partial charge is 0.297 e. The monoisotopic (exact) mass is 263 g/mol. The number of carbonyl (C=O) groups is 1. The zero-order valence-corrected chi connectivity index (χ0v) is 10.7. The fourth-order valence-electron chi connectivity index (χ4n) is 2.76. The second kappa shape index (κ2) is 5.08. The summed E-state index contributed by atoms with van der Waals surface area (Å²) in [6.07, 6.45) is 3.36. The third kappa shape index (κ3) is 2.51. The van der Waals surface area contributed by atoms with E-state index in [0.717, 1.165) is 31.7 Å². The first-order chi connectivity index (χ1) is 8.98. The molecular formula is C15H15F2NO. The van der Waals surface area contributed by atoms with Crippen LogP contribution < -0.4 is 0 Å². The van der Waals surface area contributed by atoms with E-state index < -0.39 is 23.0 Å². The van der Waals surface area contributed by atoms with Gasteiger partial charge < -0.3 is 0 Å². The number of Topliss-reactive ketones (excluding diaryl/α,β-unsaturated/α-hetero) is 1. The van der Waals surface area contributed by atoms with Crippen LogP contribution in [-0.2, 0) is 4.79 Å². The summed E-state index contributed by atoms with van der Waals surface area (Å²) in [6, 6.07) is 4.85. The van der Waals surface area contributed by atoms with Gasteiger partial charge >= 0.3 is 0 Å². The van der Waals surface area contributed by atoms with E-state index in [1.54, 1.807) is 0 Å². The van der Waals surface area contributed by atoms with Crippen LogP contribution >= 0.6 is 0 Å². The lowest BCUT2D eigenvalue weighted by molar-refractivity contribution is -0.128. The normalized spacial score (nSPS) is 18.8. The Morgan fingerprint density at radius 3 is 2.53 bits per heavy atom. The van der Waals surface area contributed by atoms with Crippen LogP contribution in [0.25, 0.3) is 0 Å². The number of carbonyl (C=O) groups excluding carboxylic acids is 1. The zero-order chi connectivity index (χ0) is 14.0. The average Bonchev–Trinajstić information content (AvgIpc) is 2.81. The third-order valence-electron chi connectivity index (χ3n) is 3.97. The molecule has 2 rings (SSSR count). The van der Waals surface area contributed by atoms with Gasteiger partial charge in [0.1, 0.15) is 17.6 Å². The first-order valence-corrected chi connectivity index (χ1v) is 6.37. The van der Waals surface area contributed by atoms with Gasteiger partial charge in [0.2, 0.25) is 0 Å². The van der Waals surface area contributed by atoms with Gasteiger partial charge in [-0.25, -0.2) is 8.78 Å². The van der Waals surface area contributed by atoms with Crippen molar-refractivity contribution in [3.63, 3.8) is 0 Å². The van der Waals surface area contributed by atoms with E-state index in [2.05, 4.69) is 0 Å². The molecule has 0 aliphatic heterocycles. The SMILES string of the molecule is CC1(C(=O)C(C#N)c2ccc(F)cc2F)CCCC1. The maximum atomic E-state index is 13.7. The maximum Gasteiger partial charge on any atom is 0.160 e. The molecule has 0 spiro atoms. The molecule has 1 aromatic rings. The van der Waals surface area contributed by atoms with Crippen LogP contribution in [0.5, 0.6) is 0 Å². The van der Waals surface area contributed by atoms with Crippen LogP contribution in [0.1, 0.15) is 44.1 Å². The van der Waals surface area contributed by atoms with Gasteiger partial charge in [0.15, 0.2) is 5.78 Å². The summed E-state index contributed by atoms with van der Waals surface area (Å²) in [4.78, 5) is 12.5. The smallest absolute Gasteiger partial charge is 0.160 e. The second-order valence-electron chi connectivity index (χ2n) is 5.36. The Hall–Kier alpha value is -1.76. The molecule has 0 saturated heterocycles. The molecule has 0 amide bonds. The minimum absolute atomic E-state index is 0.0259. The van der Waals surface area contributed by atoms with Crippen LogP contribution in [-0.4, -0.2) is 5.78 Å². The van der Waals surface area contributed by atoms with E-state index in [0.29, 0.717) is 6.07 Å². The van der Waals surface area contributed by atoms with E-state index in [-0.39, 0.29) is 11.3 Å². The highest BCUT2D eigenvalue weighted by Crippen LogP contribution is 2.42. The lowest BCUT2D eigenvalue weighted by atomic mass is 9.76. The molecule has 0 aromatic heterocycles. The number of benzene rings is 1. The molecule has 1 aliphatic rings. The molecule has 1 unspecified atom stereocenters. The van der Waals surface area contributed by atoms with Gasteiger partial charge in [-0.3, -0.25) is 4.79 Å². The molecule has 0 N–H and O–H groups in total. The molecule has 1 fully saturated rings. The van der Waals surface area contributed by atoms with Crippen molar-refractivity contribution in [2.45, 2.75) is 38.5 Å². The minimum Gasteiger partial charge on any atom is -0.297 e. The van der Waals surface area contributed by atoms with Crippen LogP contribution in [0.15, 0.2) is 18.2 Å². The number of hydrogen-bond acceptors (Lipinski definition) is 2. The van der Waals surface area contributed by atoms with Crippen molar-refractivity contribution in [3.05, 3.63) is 35.4 Å². The molecule has 0 bridgehead atoms. The van der Waals surface area contributed by atoms with Crippen molar-refractivity contribution in [3.8, 4) is 6.07 Å². The number of nitrogens with zero attached hydrogens (tertiary/aromatic N) is 1. The lowest BCUT2D eigenvalue weighted by Crippen LogP contribution is -2.29. The van der Waals surface area contributed by atoms with Crippen LogP contribution in [0, 0.1) is 28.4 Å². The average molecular weight is 263 g/mol. The van der Waals surface area contributed by atoms with Crippen molar-refractivity contribution in [1.82, 2.24) is 0 Å². The fraction of sp³-hybridized carbons (Fsp3) is 0.467. The minimum atomic E-state index is -1.15. The first kappa shape index (κ1) is 13.7. The summed E-state index contributed by atoms with van der Waals surface area (Å²) < 4.78 is 26.6. The standard InChI is InChI=1S/C15H15F2NO/c1-15(6-2-3-7-15)14(19)12(9-18)11-5-4-10(16)8-13(11)17/h4-5,8,12H,2-3,6-7H2,1H3. The Labute approximate surface area is 111 Å². The summed E-state index contributed by atoms with van der Waals surface area (Å²) in [5.41, 5.74) is -0.580. The van der Waals surface area contributed by atoms with E-state index in [1.165, 1.54) is 6.07 Å². The highest BCUT2D eigenvalue weighted by molar-refractivity contribution is 5.93. The summed E-state index contributed by atoms with van der Waals surface area (Å²) in [7, 11) is 0. The lowest BCUT2D eigenvalue weighted by Gasteiger charge is -2.24. The molecular weight excluding hydrogens is 248 g/mol. The molecule has 0 radical (unpaired) electrons. The van der Waals surface area contributed by atoms with E-state index in [9.17, 15) is 18.8 Å². The Bertz CT molecular complexity index is 542. The van der Waals surface area contributed by atoms with Gasteiger partial charge in [-0.1, -0.05) is 25.8 Å². The van der Waals surface area contributed by atoms with E-state index in [4.69, 9.17) is 0 Å².